The van der Waals surface area contributed by atoms with Crippen LogP contribution in [0.2, 0.25) is 0 Å². The molecule has 0 atom stereocenters. The molecule has 0 aliphatic rings. The number of esters is 1. The van der Waals surface area contributed by atoms with Crippen LogP contribution in [0.15, 0.2) is 0 Å². The third-order valence-corrected chi connectivity index (χ3v) is 2.09. The fraction of sp³-hybridized carbons (Fsp3) is 0.750. The second-order valence-corrected chi connectivity index (χ2v) is 3.67. The second kappa shape index (κ2) is 12.5. The lowest BCUT2D eigenvalue weighted by Crippen LogP contribution is -2.17. The summed E-state index contributed by atoms with van der Waals surface area (Å²) in [5, 5.41) is 8.30. The van der Waals surface area contributed by atoms with Gasteiger partial charge in [-0.1, -0.05) is 0 Å². The molecule has 0 amide bonds. The minimum Gasteiger partial charge on any atom is -0.476 e. The Morgan fingerprint density at radius 3 is 1.95 bits per heavy atom. The van der Waals surface area contributed by atoms with Crippen molar-refractivity contribution in [2.24, 2.45) is 0 Å². The fourth-order valence-corrected chi connectivity index (χ4v) is 1.07. The fourth-order valence-electron chi connectivity index (χ4n) is 1.07. The summed E-state index contributed by atoms with van der Waals surface area (Å²) < 4.78 is 19.8. The van der Waals surface area contributed by atoms with Gasteiger partial charge in [-0.3, -0.25) is 9.59 Å². The van der Waals surface area contributed by atoms with Crippen LogP contribution in [-0.2, 0) is 33.3 Å². The third-order valence-electron chi connectivity index (χ3n) is 2.09. The molecule has 0 saturated carbocycles. The number of methoxy groups -OCH3 is 1. The average Bonchev–Trinajstić information content (AvgIpc) is 2.42. The molecule has 0 fully saturated rings. The minimum atomic E-state index is -1.55. The number of carbonyl (C=O) groups excluding carboxylic acids is 2. The first-order chi connectivity index (χ1) is 9.57. The Bertz CT molecular complexity index is 302. The van der Waals surface area contributed by atoms with Gasteiger partial charge in [-0.2, -0.15) is 0 Å². The molecular formula is C12H20O8. The van der Waals surface area contributed by atoms with E-state index in [4.69, 9.17) is 24.1 Å². The molecule has 0 aliphatic carbocycles. The van der Waals surface area contributed by atoms with Crippen molar-refractivity contribution in [3.8, 4) is 0 Å². The first kappa shape index (κ1) is 18.5. The Hall–Kier alpha value is -1.51. The third kappa shape index (κ3) is 11.6. The SMILES string of the molecule is COCCOCCOCCOC(=O)CCC(=O)C(=O)O. The summed E-state index contributed by atoms with van der Waals surface area (Å²) >= 11 is 0. The van der Waals surface area contributed by atoms with Crippen LogP contribution in [0.5, 0.6) is 0 Å². The number of ether oxygens (including phenoxy) is 4. The number of Topliss-reactive ketones (excluding diaryl/α,β-unsaturated/α-hetero) is 1. The van der Waals surface area contributed by atoms with Gasteiger partial charge in [-0.05, 0) is 0 Å². The molecule has 0 aliphatic heterocycles. The maximum Gasteiger partial charge on any atom is 0.372 e. The van der Waals surface area contributed by atoms with Gasteiger partial charge in [-0.15, -0.1) is 0 Å². The molecule has 8 nitrogen and oxygen atoms in total. The van der Waals surface area contributed by atoms with E-state index in [-0.39, 0.29) is 26.1 Å². The van der Waals surface area contributed by atoms with Gasteiger partial charge in [0.2, 0.25) is 5.78 Å². The maximum absolute atomic E-state index is 11.1. The molecule has 0 saturated heterocycles. The predicted octanol–water partition coefficient (Wildman–Crippen LogP) is -0.357. The Balaban J connectivity index is 3.31. The molecule has 0 aromatic rings. The van der Waals surface area contributed by atoms with Crippen molar-refractivity contribution in [1.29, 1.82) is 0 Å². The monoisotopic (exact) mass is 292 g/mol. The van der Waals surface area contributed by atoms with Crippen LogP contribution < -0.4 is 0 Å². The van der Waals surface area contributed by atoms with Crippen LogP contribution >= 0.6 is 0 Å². The lowest BCUT2D eigenvalue weighted by molar-refractivity contribution is -0.151. The smallest absolute Gasteiger partial charge is 0.372 e. The van der Waals surface area contributed by atoms with Crippen LogP contribution in [0, 0.1) is 0 Å². The van der Waals surface area contributed by atoms with E-state index in [0.717, 1.165) is 0 Å². The van der Waals surface area contributed by atoms with E-state index in [0.29, 0.717) is 26.4 Å². The summed E-state index contributed by atoms with van der Waals surface area (Å²) in [7, 11) is 1.58. The number of hydrogen-bond acceptors (Lipinski definition) is 7. The largest absolute Gasteiger partial charge is 0.476 e. The molecule has 8 heteroatoms. The molecule has 0 bridgehead atoms. The molecule has 116 valence electrons. The van der Waals surface area contributed by atoms with E-state index >= 15 is 0 Å². The van der Waals surface area contributed by atoms with Gasteiger partial charge in [0.15, 0.2) is 0 Å². The summed E-state index contributed by atoms with van der Waals surface area (Å²) in [6.45, 7) is 2.08. The van der Waals surface area contributed by atoms with Crippen molar-refractivity contribution in [2.45, 2.75) is 12.8 Å². The summed E-state index contributed by atoms with van der Waals surface area (Å²) in [6.07, 6.45) is -0.604. The van der Waals surface area contributed by atoms with Crippen molar-refractivity contribution >= 4 is 17.7 Å². The van der Waals surface area contributed by atoms with Gasteiger partial charge in [0.05, 0.1) is 39.5 Å². The second-order valence-electron chi connectivity index (χ2n) is 3.67. The molecule has 20 heavy (non-hydrogen) atoms. The molecule has 0 heterocycles. The van der Waals surface area contributed by atoms with E-state index in [1.54, 1.807) is 7.11 Å². The topological polar surface area (TPSA) is 108 Å². The zero-order valence-corrected chi connectivity index (χ0v) is 11.5. The van der Waals surface area contributed by atoms with Crippen LogP contribution in [0.25, 0.3) is 0 Å². The number of ketones is 1. The zero-order chi connectivity index (χ0) is 15.2. The Labute approximate surface area is 116 Å². The number of carboxylic acid groups (broad SMARTS) is 1. The first-order valence-corrected chi connectivity index (χ1v) is 6.14. The van der Waals surface area contributed by atoms with Crippen LogP contribution in [0.1, 0.15) is 12.8 Å². The van der Waals surface area contributed by atoms with Crippen LogP contribution in [0.4, 0.5) is 0 Å². The number of aliphatic carboxylic acids is 1. The summed E-state index contributed by atoms with van der Waals surface area (Å²) in [5.74, 6) is -3.18. The number of rotatable bonds is 13. The van der Waals surface area contributed by atoms with Crippen LogP contribution in [-0.4, -0.2) is 69.6 Å². The van der Waals surface area contributed by atoms with Gasteiger partial charge in [-0.25, -0.2) is 4.79 Å². The molecule has 0 spiro atoms. The number of carboxylic acids is 1. The molecule has 0 rings (SSSR count). The van der Waals surface area contributed by atoms with Gasteiger partial charge in [0.1, 0.15) is 6.61 Å². The lowest BCUT2D eigenvalue weighted by Gasteiger charge is -2.06. The Morgan fingerprint density at radius 2 is 1.40 bits per heavy atom. The average molecular weight is 292 g/mol. The Morgan fingerprint density at radius 1 is 0.850 bits per heavy atom. The van der Waals surface area contributed by atoms with E-state index in [9.17, 15) is 14.4 Å². The standard InChI is InChI=1S/C12H20O8/c1-17-4-5-18-6-7-19-8-9-20-11(14)3-2-10(13)12(15)16/h2-9H2,1H3,(H,15,16). The van der Waals surface area contributed by atoms with Crippen molar-refractivity contribution in [1.82, 2.24) is 0 Å². The van der Waals surface area contributed by atoms with E-state index in [1.165, 1.54) is 0 Å². The minimum absolute atomic E-state index is 0.0537. The normalized spacial score (nSPS) is 10.2. The van der Waals surface area contributed by atoms with Gasteiger partial charge in [0, 0.05) is 13.5 Å². The summed E-state index contributed by atoms with van der Waals surface area (Å²) in [5.41, 5.74) is 0. The number of carbonyl (C=O) groups is 3. The van der Waals surface area contributed by atoms with Crippen LogP contribution in [0.3, 0.4) is 0 Å². The molecule has 1 N–H and O–H groups in total. The van der Waals surface area contributed by atoms with Gasteiger partial charge < -0.3 is 24.1 Å². The Kier molecular flexibility index (Phi) is 11.6. The molecule has 0 unspecified atom stereocenters. The van der Waals surface area contributed by atoms with E-state index in [2.05, 4.69) is 0 Å². The van der Waals surface area contributed by atoms with Gasteiger partial charge >= 0.3 is 11.9 Å². The zero-order valence-electron chi connectivity index (χ0n) is 11.5. The van der Waals surface area contributed by atoms with Gasteiger partial charge in [0.25, 0.3) is 0 Å². The van der Waals surface area contributed by atoms with Crippen molar-refractivity contribution in [2.75, 3.05) is 46.8 Å². The van der Waals surface area contributed by atoms with Crippen molar-refractivity contribution < 1.29 is 38.4 Å². The highest BCUT2D eigenvalue weighted by Crippen LogP contribution is 1.95. The van der Waals surface area contributed by atoms with Crippen molar-refractivity contribution in [3.05, 3.63) is 0 Å². The summed E-state index contributed by atoms with van der Waals surface area (Å²) in [4.78, 5) is 32.0. The quantitative estimate of drug-likeness (QED) is 0.278. The van der Waals surface area contributed by atoms with E-state index in [1.807, 2.05) is 0 Å². The highest BCUT2D eigenvalue weighted by atomic mass is 16.6. The number of hydrogen-bond donors (Lipinski definition) is 1. The highest BCUT2D eigenvalue weighted by Gasteiger charge is 2.13. The van der Waals surface area contributed by atoms with Crippen molar-refractivity contribution in [3.63, 3.8) is 0 Å². The molecule has 0 aromatic heterocycles. The first-order valence-electron chi connectivity index (χ1n) is 6.14. The molecule has 0 radical (unpaired) electrons. The summed E-state index contributed by atoms with van der Waals surface area (Å²) in [6, 6.07) is 0. The molecule has 0 aromatic carbocycles. The predicted molar refractivity (Wildman–Crippen MR) is 66.3 cm³/mol. The lowest BCUT2D eigenvalue weighted by atomic mass is 10.2. The highest BCUT2D eigenvalue weighted by molar-refractivity contribution is 6.32. The van der Waals surface area contributed by atoms with E-state index < -0.39 is 17.7 Å². The maximum atomic E-state index is 11.1. The molecular weight excluding hydrogens is 272 g/mol.